The molecule has 0 saturated carbocycles. The van der Waals surface area contributed by atoms with E-state index in [1.54, 1.807) is 10.9 Å². The summed E-state index contributed by atoms with van der Waals surface area (Å²) in [7, 11) is 0. The molecule has 0 amide bonds. The lowest BCUT2D eigenvalue weighted by molar-refractivity contribution is 0.170. The van der Waals surface area contributed by atoms with E-state index in [4.69, 9.17) is 15.3 Å². The minimum absolute atomic E-state index is 0.0600. The molecule has 0 saturated heterocycles. The van der Waals surface area contributed by atoms with Gasteiger partial charge in [0.2, 0.25) is 0 Å². The predicted octanol–water partition coefficient (Wildman–Crippen LogP) is -1.68. The summed E-state index contributed by atoms with van der Waals surface area (Å²) in [6.07, 6.45) is 3.50. The van der Waals surface area contributed by atoms with Crippen LogP contribution in [-0.2, 0) is 13.1 Å². The summed E-state index contributed by atoms with van der Waals surface area (Å²) >= 11 is 0. The number of aliphatic hydroxyl groups excluding tert-OH is 3. The highest BCUT2D eigenvalue weighted by Gasteiger charge is 2.05. The number of nitrogens with one attached hydrogen (secondary N) is 1. The molecule has 0 atom stereocenters. The number of nitrogens with zero attached hydrogens (tertiary/aromatic N) is 2. The van der Waals surface area contributed by atoms with Crippen molar-refractivity contribution < 1.29 is 15.3 Å². The number of aromatic nitrogens is 2. The van der Waals surface area contributed by atoms with Crippen LogP contribution in [-0.4, -0.2) is 51.0 Å². The van der Waals surface area contributed by atoms with Crippen molar-refractivity contribution in [3.8, 4) is 0 Å². The van der Waals surface area contributed by atoms with Crippen LogP contribution in [0, 0.1) is 0 Å². The maximum Gasteiger partial charge on any atom is 0.0640 e. The van der Waals surface area contributed by atoms with E-state index in [1.807, 2.05) is 6.20 Å². The zero-order valence-corrected chi connectivity index (χ0v) is 8.50. The van der Waals surface area contributed by atoms with Gasteiger partial charge in [-0.1, -0.05) is 0 Å². The van der Waals surface area contributed by atoms with Gasteiger partial charge in [-0.25, -0.2) is 0 Å². The predicted molar refractivity (Wildman–Crippen MR) is 54.1 cm³/mol. The molecule has 0 fully saturated rings. The molecule has 6 heteroatoms. The van der Waals surface area contributed by atoms with Gasteiger partial charge in [-0.05, 0) is 0 Å². The zero-order valence-electron chi connectivity index (χ0n) is 8.50. The van der Waals surface area contributed by atoms with Gasteiger partial charge in [-0.15, -0.1) is 0 Å². The van der Waals surface area contributed by atoms with Gasteiger partial charge in [0.25, 0.3) is 0 Å². The molecule has 0 unspecified atom stereocenters. The lowest BCUT2D eigenvalue weighted by Gasteiger charge is -2.11. The fourth-order valence-electron chi connectivity index (χ4n) is 1.17. The van der Waals surface area contributed by atoms with E-state index in [2.05, 4.69) is 10.4 Å². The van der Waals surface area contributed by atoms with E-state index in [-0.39, 0.29) is 25.9 Å². The molecular formula is C9H17N3O3. The Kier molecular flexibility index (Phi) is 5.27. The van der Waals surface area contributed by atoms with Crippen LogP contribution >= 0.6 is 0 Å². The number of rotatable bonds is 7. The van der Waals surface area contributed by atoms with Crippen LogP contribution in [0.25, 0.3) is 0 Å². The average Bonchev–Trinajstić information content (AvgIpc) is 2.68. The van der Waals surface area contributed by atoms with Crippen LogP contribution in [0.15, 0.2) is 12.4 Å². The topological polar surface area (TPSA) is 90.5 Å². The lowest BCUT2D eigenvalue weighted by Crippen LogP contribution is -2.35. The maximum atomic E-state index is 8.82. The van der Waals surface area contributed by atoms with Gasteiger partial charge in [0.15, 0.2) is 0 Å². The molecule has 6 nitrogen and oxygen atoms in total. The Balaban J connectivity index is 2.36. The highest BCUT2D eigenvalue weighted by atomic mass is 16.3. The Hall–Kier alpha value is -0.950. The van der Waals surface area contributed by atoms with Gasteiger partial charge in [-0.3, -0.25) is 4.68 Å². The zero-order chi connectivity index (χ0) is 11.1. The van der Waals surface area contributed by atoms with Gasteiger partial charge in [-0.2, -0.15) is 5.10 Å². The van der Waals surface area contributed by atoms with Crippen LogP contribution in [0.1, 0.15) is 5.56 Å². The van der Waals surface area contributed by atoms with Gasteiger partial charge in [0.05, 0.1) is 38.6 Å². The molecule has 0 aliphatic rings. The summed E-state index contributed by atoms with van der Waals surface area (Å²) in [5, 5.41) is 33.3. The Labute approximate surface area is 88.2 Å². The number of hydrogen-bond acceptors (Lipinski definition) is 5. The van der Waals surface area contributed by atoms with Gasteiger partial charge in [0.1, 0.15) is 0 Å². The van der Waals surface area contributed by atoms with Crippen molar-refractivity contribution in [3.63, 3.8) is 0 Å². The Morgan fingerprint density at radius 1 is 1.33 bits per heavy atom. The number of hydrogen-bond donors (Lipinski definition) is 4. The SMILES string of the molecule is OCCn1cc(CNC(CO)CO)cn1. The van der Waals surface area contributed by atoms with Crippen molar-refractivity contribution in [3.05, 3.63) is 18.0 Å². The van der Waals surface area contributed by atoms with E-state index >= 15 is 0 Å². The van der Waals surface area contributed by atoms with E-state index in [9.17, 15) is 0 Å². The molecule has 0 aromatic carbocycles. The van der Waals surface area contributed by atoms with Crippen LogP contribution in [0.4, 0.5) is 0 Å². The Morgan fingerprint density at radius 2 is 2.07 bits per heavy atom. The largest absolute Gasteiger partial charge is 0.395 e. The van der Waals surface area contributed by atoms with Crippen LogP contribution in [0.2, 0.25) is 0 Å². The van der Waals surface area contributed by atoms with Crippen molar-refractivity contribution in [1.82, 2.24) is 15.1 Å². The average molecular weight is 215 g/mol. The second-order valence-electron chi connectivity index (χ2n) is 3.28. The monoisotopic (exact) mass is 215 g/mol. The fraction of sp³-hybridized carbons (Fsp3) is 0.667. The first-order valence-corrected chi connectivity index (χ1v) is 4.87. The molecule has 0 spiro atoms. The van der Waals surface area contributed by atoms with Crippen molar-refractivity contribution in [2.45, 2.75) is 19.1 Å². The smallest absolute Gasteiger partial charge is 0.0640 e. The van der Waals surface area contributed by atoms with E-state index in [0.717, 1.165) is 5.56 Å². The van der Waals surface area contributed by atoms with Gasteiger partial charge < -0.3 is 20.6 Å². The molecule has 1 rings (SSSR count). The highest BCUT2D eigenvalue weighted by Crippen LogP contribution is 1.97. The second-order valence-corrected chi connectivity index (χ2v) is 3.28. The van der Waals surface area contributed by atoms with Crippen LogP contribution in [0.3, 0.4) is 0 Å². The molecule has 15 heavy (non-hydrogen) atoms. The van der Waals surface area contributed by atoms with Crippen LogP contribution in [0.5, 0.6) is 0 Å². The molecule has 86 valence electrons. The summed E-state index contributed by atoms with van der Waals surface area (Å²) in [6.45, 7) is 0.883. The fourth-order valence-corrected chi connectivity index (χ4v) is 1.17. The molecule has 1 aromatic rings. The third kappa shape index (κ3) is 3.96. The normalized spacial score (nSPS) is 11.2. The quantitative estimate of drug-likeness (QED) is 0.436. The Bertz CT molecular complexity index is 273. The maximum absolute atomic E-state index is 8.82. The van der Waals surface area contributed by atoms with Crippen molar-refractivity contribution in [2.75, 3.05) is 19.8 Å². The van der Waals surface area contributed by atoms with Gasteiger partial charge >= 0.3 is 0 Å². The molecule has 1 aromatic heterocycles. The molecule has 1 heterocycles. The minimum atomic E-state index is -0.300. The molecular weight excluding hydrogens is 198 g/mol. The van der Waals surface area contributed by atoms with E-state index in [1.165, 1.54) is 0 Å². The van der Waals surface area contributed by atoms with Crippen molar-refractivity contribution in [1.29, 1.82) is 0 Å². The summed E-state index contributed by atoms with van der Waals surface area (Å²) < 4.78 is 1.64. The third-order valence-electron chi connectivity index (χ3n) is 2.05. The minimum Gasteiger partial charge on any atom is -0.395 e. The molecule has 0 bridgehead atoms. The van der Waals surface area contributed by atoms with Gasteiger partial charge in [0, 0.05) is 18.3 Å². The second kappa shape index (κ2) is 6.52. The third-order valence-corrected chi connectivity index (χ3v) is 2.05. The summed E-state index contributed by atoms with van der Waals surface area (Å²) in [5.74, 6) is 0. The Morgan fingerprint density at radius 3 is 2.67 bits per heavy atom. The standard InChI is InChI=1S/C9H17N3O3/c13-2-1-12-5-8(4-11-12)3-10-9(6-14)7-15/h4-5,9-10,13-15H,1-3,6-7H2. The molecule has 0 radical (unpaired) electrons. The summed E-state index contributed by atoms with van der Waals surface area (Å²) in [4.78, 5) is 0. The first kappa shape index (κ1) is 12.1. The molecule has 0 aliphatic carbocycles. The first-order chi connectivity index (χ1) is 7.30. The highest BCUT2D eigenvalue weighted by molar-refractivity contribution is 5.03. The molecule has 4 N–H and O–H groups in total. The first-order valence-electron chi connectivity index (χ1n) is 4.87. The van der Waals surface area contributed by atoms with E-state index in [0.29, 0.717) is 13.1 Å². The summed E-state index contributed by atoms with van der Waals surface area (Å²) in [6, 6.07) is -0.300. The van der Waals surface area contributed by atoms with Crippen LogP contribution < -0.4 is 5.32 Å². The van der Waals surface area contributed by atoms with Crippen molar-refractivity contribution in [2.24, 2.45) is 0 Å². The molecule has 0 aliphatic heterocycles. The number of aliphatic hydroxyl groups is 3. The summed E-state index contributed by atoms with van der Waals surface area (Å²) in [5.41, 5.74) is 0.954. The lowest BCUT2D eigenvalue weighted by atomic mass is 10.3. The van der Waals surface area contributed by atoms with E-state index < -0.39 is 0 Å². The van der Waals surface area contributed by atoms with Crippen molar-refractivity contribution >= 4 is 0 Å².